The van der Waals surface area contributed by atoms with Gasteiger partial charge >= 0.3 is 5.76 Å². The molecular weight excluding hydrogens is 416 g/mol. The van der Waals surface area contributed by atoms with Crippen molar-refractivity contribution in [1.29, 1.82) is 0 Å². The predicted molar refractivity (Wildman–Crippen MR) is 124 cm³/mol. The van der Waals surface area contributed by atoms with Crippen LogP contribution in [0.3, 0.4) is 0 Å². The Labute approximate surface area is 187 Å². The van der Waals surface area contributed by atoms with Crippen LogP contribution in [-0.4, -0.2) is 48.5 Å². The third-order valence-corrected chi connectivity index (χ3v) is 5.50. The van der Waals surface area contributed by atoms with Gasteiger partial charge in [-0.1, -0.05) is 17.2 Å². The number of nitrogens with zero attached hydrogens (tertiary/aromatic N) is 2. The molecule has 31 heavy (non-hydrogen) atoms. The number of piperazine rings is 1. The molecule has 1 saturated heterocycles. The number of oxazole rings is 1. The van der Waals surface area contributed by atoms with E-state index in [1.54, 1.807) is 6.08 Å². The molecule has 7 nitrogen and oxygen atoms in total. The maximum Gasteiger partial charge on any atom is 0.417 e. The zero-order valence-electron chi connectivity index (χ0n) is 18.0. The van der Waals surface area contributed by atoms with E-state index in [-0.39, 0.29) is 12.5 Å². The number of aromatic nitrogens is 1. The summed E-state index contributed by atoms with van der Waals surface area (Å²) in [7, 11) is 0. The third-order valence-electron chi connectivity index (χ3n) is 5.25. The summed E-state index contributed by atoms with van der Waals surface area (Å²) in [6, 6.07) is 7.76. The topological polar surface area (TPSA) is 81.6 Å². The second-order valence-electron chi connectivity index (χ2n) is 7.84. The summed E-state index contributed by atoms with van der Waals surface area (Å²) in [4.78, 5) is 31.0. The summed E-state index contributed by atoms with van der Waals surface area (Å²) in [6.07, 6.45) is 3.16. The number of amides is 1. The van der Waals surface area contributed by atoms with E-state index >= 15 is 0 Å². The molecule has 1 fully saturated rings. The van der Waals surface area contributed by atoms with Gasteiger partial charge < -0.3 is 19.5 Å². The van der Waals surface area contributed by atoms with Gasteiger partial charge in [0, 0.05) is 48.7 Å². The Morgan fingerprint density at radius 2 is 1.90 bits per heavy atom. The van der Waals surface area contributed by atoms with Crippen molar-refractivity contribution in [2.75, 3.05) is 37.6 Å². The predicted octanol–water partition coefficient (Wildman–Crippen LogP) is 3.43. The van der Waals surface area contributed by atoms with Crippen molar-refractivity contribution in [3.8, 4) is 0 Å². The first-order valence-electron chi connectivity index (χ1n) is 10.4. The number of aromatic amines is 1. The van der Waals surface area contributed by atoms with Gasteiger partial charge in [0.25, 0.3) is 0 Å². The van der Waals surface area contributed by atoms with E-state index in [1.165, 1.54) is 0 Å². The molecule has 0 aliphatic carbocycles. The summed E-state index contributed by atoms with van der Waals surface area (Å²) in [5.74, 6) is 0.0483. The Hall–Kier alpha value is -2.93. The average molecular weight is 445 g/mol. The maximum atomic E-state index is 12.6. The Balaban J connectivity index is 1.50. The molecule has 0 unspecified atom stereocenters. The summed E-state index contributed by atoms with van der Waals surface area (Å²) >= 11 is 5.96. The summed E-state index contributed by atoms with van der Waals surface area (Å²) in [5.41, 5.74) is 3.64. The molecule has 1 aromatic carbocycles. The van der Waals surface area contributed by atoms with Crippen LogP contribution in [0.4, 0.5) is 5.69 Å². The molecule has 3 rings (SSSR count). The molecule has 1 aliphatic rings. The molecular formula is C23H29ClN4O3. The van der Waals surface area contributed by atoms with Gasteiger partial charge in [-0.15, -0.1) is 6.58 Å². The van der Waals surface area contributed by atoms with Crippen LogP contribution in [0.1, 0.15) is 31.7 Å². The van der Waals surface area contributed by atoms with Gasteiger partial charge in [0.2, 0.25) is 5.91 Å². The molecule has 8 heteroatoms. The van der Waals surface area contributed by atoms with Gasteiger partial charge in [-0.3, -0.25) is 9.78 Å². The lowest BCUT2D eigenvalue weighted by molar-refractivity contribution is -0.130. The summed E-state index contributed by atoms with van der Waals surface area (Å²) in [5, 5.41) is 3.84. The molecule has 1 amide bonds. The second kappa shape index (κ2) is 10.4. The molecule has 1 aromatic heterocycles. The zero-order chi connectivity index (χ0) is 22.4. The second-order valence-corrected chi connectivity index (χ2v) is 8.28. The maximum absolute atomic E-state index is 12.6. The molecule has 166 valence electrons. The smallest absolute Gasteiger partial charge is 0.408 e. The van der Waals surface area contributed by atoms with Crippen LogP contribution < -0.4 is 16.0 Å². The molecule has 2 aromatic rings. The SMILES string of the molecule is C=C(C)CCc1[nH]c(=O)oc1/C=C(\C)NCC(=O)N1CCN(c2ccc(Cl)cc2)CC1. The van der Waals surface area contributed by atoms with E-state index < -0.39 is 5.76 Å². The van der Waals surface area contributed by atoms with Crippen LogP contribution in [0.2, 0.25) is 5.02 Å². The van der Waals surface area contributed by atoms with Gasteiger partial charge in [0.05, 0.1) is 12.2 Å². The number of allylic oxidation sites excluding steroid dienone is 2. The zero-order valence-corrected chi connectivity index (χ0v) is 18.8. The molecule has 0 atom stereocenters. The fourth-order valence-electron chi connectivity index (χ4n) is 3.45. The fourth-order valence-corrected chi connectivity index (χ4v) is 3.58. The number of halogens is 1. The molecule has 2 N–H and O–H groups in total. The number of rotatable bonds is 8. The van der Waals surface area contributed by atoms with Crippen LogP contribution in [0.15, 0.2) is 51.3 Å². The Bertz CT molecular complexity index is 999. The molecule has 0 spiro atoms. The van der Waals surface area contributed by atoms with Gasteiger partial charge in [-0.2, -0.15) is 0 Å². The quantitative estimate of drug-likeness (QED) is 0.609. The Kier molecular flexibility index (Phi) is 7.63. The van der Waals surface area contributed by atoms with Crippen molar-refractivity contribution in [1.82, 2.24) is 15.2 Å². The summed E-state index contributed by atoms with van der Waals surface area (Å²) in [6.45, 7) is 10.8. The minimum Gasteiger partial charge on any atom is -0.408 e. The van der Waals surface area contributed by atoms with E-state index in [0.29, 0.717) is 30.3 Å². The van der Waals surface area contributed by atoms with Crippen molar-refractivity contribution in [2.45, 2.75) is 26.7 Å². The van der Waals surface area contributed by atoms with Crippen molar-refractivity contribution in [3.63, 3.8) is 0 Å². The van der Waals surface area contributed by atoms with E-state index in [1.807, 2.05) is 43.0 Å². The van der Waals surface area contributed by atoms with E-state index in [4.69, 9.17) is 16.0 Å². The van der Waals surface area contributed by atoms with Crippen molar-refractivity contribution in [2.24, 2.45) is 0 Å². The number of H-pyrrole nitrogens is 1. The van der Waals surface area contributed by atoms with Crippen molar-refractivity contribution >= 4 is 29.3 Å². The first-order valence-corrected chi connectivity index (χ1v) is 10.8. The van der Waals surface area contributed by atoms with E-state index in [2.05, 4.69) is 21.8 Å². The van der Waals surface area contributed by atoms with Gasteiger partial charge in [0.1, 0.15) is 0 Å². The van der Waals surface area contributed by atoms with Crippen LogP contribution in [-0.2, 0) is 11.2 Å². The molecule has 1 aliphatic heterocycles. The largest absolute Gasteiger partial charge is 0.417 e. The minimum absolute atomic E-state index is 0.0431. The number of anilines is 1. The molecule has 0 saturated carbocycles. The number of hydrogen-bond acceptors (Lipinski definition) is 5. The number of benzene rings is 1. The third kappa shape index (κ3) is 6.52. The van der Waals surface area contributed by atoms with Gasteiger partial charge in [-0.25, -0.2) is 4.79 Å². The highest BCUT2D eigenvalue weighted by molar-refractivity contribution is 6.30. The lowest BCUT2D eigenvalue weighted by Crippen LogP contribution is -2.50. The first-order chi connectivity index (χ1) is 14.8. The molecule has 0 bridgehead atoms. The highest BCUT2D eigenvalue weighted by atomic mass is 35.5. The lowest BCUT2D eigenvalue weighted by Gasteiger charge is -2.36. The van der Waals surface area contributed by atoms with Gasteiger partial charge in [0.15, 0.2) is 5.76 Å². The highest BCUT2D eigenvalue weighted by Crippen LogP contribution is 2.19. The van der Waals surface area contributed by atoms with Crippen LogP contribution >= 0.6 is 11.6 Å². The normalized spacial score (nSPS) is 14.6. The number of carbonyl (C=O) groups is 1. The molecule has 2 heterocycles. The highest BCUT2D eigenvalue weighted by Gasteiger charge is 2.21. The Morgan fingerprint density at radius 1 is 1.23 bits per heavy atom. The fraction of sp³-hybridized carbons (Fsp3) is 0.391. The van der Waals surface area contributed by atoms with Crippen LogP contribution in [0, 0.1) is 0 Å². The van der Waals surface area contributed by atoms with E-state index in [9.17, 15) is 9.59 Å². The van der Waals surface area contributed by atoms with Crippen molar-refractivity contribution < 1.29 is 9.21 Å². The number of aryl methyl sites for hydroxylation is 1. The first kappa shape index (κ1) is 22.7. The van der Waals surface area contributed by atoms with Crippen molar-refractivity contribution in [3.05, 3.63) is 69.1 Å². The lowest BCUT2D eigenvalue weighted by atomic mass is 10.1. The van der Waals surface area contributed by atoms with E-state index in [0.717, 1.165) is 42.2 Å². The van der Waals surface area contributed by atoms with Crippen LogP contribution in [0.5, 0.6) is 0 Å². The molecule has 0 radical (unpaired) electrons. The minimum atomic E-state index is -0.481. The van der Waals surface area contributed by atoms with Gasteiger partial charge in [-0.05, 0) is 51.0 Å². The monoisotopic (exact) mass is 444 g/mol. The number of nitrogens with one attached hydrogen (secondary N) is 2. The van der Waals surface area contributed by atoms with Crippen LogP contribution in [0.25, 0.3) is 6.08 Å². The Morgan fingerprint density at radius 3 is 2.55 bits per heavy atom. The summed E-state index contributed by atoms with van der Waals surface area (Å²) < 4.78 is 5.24. The standard InChI is InChI=1S/C23H29ClN4O3/c1-16(2)4-9-20-21(31-23(30)26-20)14-17(3)25-15-22(29)28-12-10-27(11-13-28)19-7-5-18(24)6-8-19/h5-8,14,25H,1,4,9-13,15H2,2-3H3,(H,26,30)/b17-14+. The average Bonchev–Trinajstić information content (AvgIpc) is 3.10. The number of hydrogen-bond donors (Lipinski definition) is 2. The number of carbonyl (C=O) groups excluding carboxylic acids is 1.